The fraction of sp³-hybridized carbons (Fsp3) is 0.111. The van der Waals surface area contributed by atoms with Crippen LogP contribution in [0.2, 0.25) is 0 Å². The van der Waals surface area contributed by atoms with Crippen molar-refractivity contribution in [1.29, 1.82) is 0 Å². The van der Waals surface area contributed by atoms with Gasteiger partial charge >= 0.3 is 0 Å². The summed E-state index contributed by atoms with van der Waals surface area (Å²) in [6, 6.07) is 19.7. The number of aryl methyl sites for hydroxylation is 2. The molecule has 1 heterocycles. The van der Waals surface area contributed by atoms with E-state index in [1.54, 1.807) is 0 Å². The molecule has 0 unspecified atom stereocenters. The largest absolute Gasteiger partial charge is 0.455 e. The number of ether oxygens (including phenoxy) is 1. The molecule has 3 heteroatoms. The normalized spacial score (nSPS) is 10.6. The Morgan fingerprint density at radius 1 is 0.857 bits per heavy atom. The number of para-hydroxylation sites is 1. The molecule has 0 spiro atoms. The molecule has 0 amide bonds. The van der Waals surface area contributed by atoms with E-state index in [4.69, 9.17) is 10.5 Å². The van der Waals surface area contributed by atoms with Gasteiger partial charge in [-0.05, 0) is 56.3 Å². The summed E-state index contributed by atoms with van der Waals surface area (Å²) in [4.78, 5) is 0. The molecule has 2 aromatic carbocycles. The van der Waals surface area contributed by atoms with E-state index in [0.717, 1.165) is 34.3 Å². The van der Waals surface area contributed by atoms with Crippen LogP contribution in [0.4, 0.5) is 5.69 Å². The van der Waals surface area contributed by atoms with Gasteiger partial charge in [-0.25, -0.2) is 0 Å². The highest BCUT2D eigenvalue weighted by molar-refractivity contribution is 5.58. The Balaban J connectivity index is 2.10. The third-order valence-corrected chi connectivity index (χ3v) is 3.47. The lowest BCUT2D eigenvalue weighted by atomic mass is 10.2. The second-order valence-electron chi connectivity index (χ2n) is 5.09. The molecule has 3 rings (SSSR count). The van der Waals surface area contributed by atoms with Gasteiger partial charge in [0.2, 0.25) is 0 Å². The predicted octanol–water partition coefficient (Wildman–Crippen LogP) is 4.47. The van der Waals surface area contributed by atoms with Crippen LogP contribution in [-0.2, 0) is 0 Å². The molecule has 2 N–H and O–H groups in total. The molecule has 0 aliphatic rings. The summed E-state index contributed by atoms with van der Waals surface area (Å²) in [6.45, 7) is 4.14. The highest BCUT2D eigenvalue weighted by Gasteiger charge is 2.11. The van der Waals surface area contributed by atoms with Gasteiger partial charge in [-0.1, -0.05) is 18.2 Å². The number of hydrogen-bond acceptors (Lipinski definition) is 2. The van der Waals surface area contributed by atoms with Crippen LogP contribution in [0.5, 0.6) is 11.5 Å². The van der Waals surface area contributed by atoms with Crippen molar-refractivity contribution in [3.05, 3.63) is 72.1 Å². The zero-order chi connectivity index (χ0) is 14.8. The fourth-order valence-corrected chi connectivity index (χ4v) is 2.46. The van der Waals surface area contributed by atoms with Gasteiger partial charge in [0.15, 0.2) is 5.75 Å². The van der Waals surface area contributed by atoms with Crippen LogP contribution in [-0.4, -0.2) is 4.57 Å². The number of nitrogens with zero attached hydrogens (tertiary/aromatic N) is 1. The van der Waals surface area contributed by atoms with Crippen molar-refractivity contribution in [1.82, 2.24) is 4.57 Å². The summed E-state index contributed by atoms with van der Waals surface area (Å²) in [5.41, 5.74) is 9.93. The Morgan fingerprint density at radius 2 is 1.52 bits per heavy atom. The zero-order valence-electron chi connectivity index (χ0n) is 12.2. The van der Waals surface area contributed by atoms with Crippen molar-refractivity contribution in [3.63, 3.8) is 0 Å². The van der Waals surface area contributed by atoms with Gasteiger partial charge in [0.1, 0.15) is 5.75 Å². The molecule has 0 bridgehead atoms. The van der Waals surface area contributed by atoms with E-state index in [1.807, 2.05) is 48.5 Å². The Kier molecular flexibility index (Phi) is 3.40. The first-order valence-electron chi connectivity index (χ1n) is 6.93. The first kappa shape index (κ1) is 13.3. The second-order valence-corrected chi connectivity index (χ2v) is 5.09. The van der Waals surface area contributed by atoms with Gasteiger partial charge in [0.05, 0.1) is 5.69 Å². The second kappa shape index (κ2) is 5.37. The molecule has 0 aliphatic carbocycles. The Hall–Kier alpha value is -2.68. The van der Waals surface area contributed by atoms with Crippen molar-refractivity contribution in [2.24, 2.45) is 0 Å². The van der Waals surface area contributed by atoms with Gasteiger partial charge in [0, 0.05) is 17.1 Å². The quantitative estimate of drug-likeness (QED) is 0.718. The van der Waals surface area contributed by atoms with E-state index in [1.165, 1.54) is 0 Å². The molecule has 0 atom stereocenters. The zero-order valence-corrected chi connectivity index (χ0v) is 12.2. The minimum absolute atomic E-state index is 0.720. The van der Waals surface area contributed by atoms with Crippen LogP contribution >= 0.6 is 0 Å². The fourth-order valence-electron chi connectivity index (χ4n) is 2.46. The summed E-state index contributed by atoms with van der Waals surface area (Å²) in [5, 5.41) is 0. The molecule has 0 saturated heterocycles. The van der Waals surface area contributed by atoms with Gasteiger partial charge in [-0.15, -0.1) is 0 Å². The first-order valence-corrected chi connectivity index (χ1v) is 6.93. The van der Waals surface area contributed by atoms with E-state index in [9.17, 15) is 0 Å². The Bertz CT molecular complexity index is 741. The van der Waals surface area contributed by atoms with Crippen LogP contribution in [0.15, 0.2) is 60.7 Å². The summed E-state index contributed by atoms with van der Waals surface area (Å²) in [6.07, 6.45) is 0. The van der Waals surface area contributed by atoms with Crippen molar-refractivity contribution in [3.8, 4) is 17.2 Å². The van der Waals surface area contributed by atoms with Crippen LogP contribution in [0.3, 0.4) is 0 Å². The molecular formula is C18H18N2O. The van der Waals surface area contributed by atoms with E-state index in [-0.39, 0.29) is 0 Å². The van der Waals surface area contributed by atoms with Gasteiger partial charge in [0.25, 0.3) is 0 Å². The van der Waals surface area contributed by atoms with Crippen molar-refractivity contribution < 1.29 is 4.74 Å². The molecule has 0 radical (unpaired) electrons. The maximum atomic E-state index is 6.02. The van der Waals surface area contributed by atoms with Crippen molar-refractivity contribution >= 4 is 5.69 Å². The molecular weight excluding hydrogens is 260 g/mol. The Labute approximate surface area is 124 Å². The number of hydrogen-bond donors (Lipinski definition) is 1. The van der Waals surface area contributed by atoms with Gasteiger partial charge in [-0.3, -0.25) is 0 Å². The first-order chi connectivity index (χ1) is 10.1. The predicted molar refractivity (Wildman–Crippen MR) is 86.2 cm³/mol. The van der Waals surface area contributed by atoms with Gasteiger partial charge in [-0.2, -0.15) is 0 Å². The lowest BCUT2D eigenvalue weighted by Gasteiger charge is -2.16. The summed E-state index contributed by atoms with van der Waals surface area (Å²) >= 11 is 0. The van der Waals surface area contributed by atoms with E-state index >= 15 is 0 Å². The van der Waals surface area contributed by atoms with E-state index in [2.05, 4.69) is 30.5 Å². The molecule has 3 nitrogen and oxygen atoms in total. The smallest absolute Gasteiger partial charge is 0.151 e. The monoisotopic (exact) mass is 278 g/mol. The number of aromatic nitrogens is 1. The average molecular weight is 278 g/mol. The van der Waals surface area contributed by atoms with Crippen LogP contribution in [0.25, 0.3) is 5.69 Å². The highest BCUT2D eigenvalue weighted by Crippen LogP contribution is 2.32. The maximum Gasteiger partial charge on any atom is 0.151 e. The lowest BCUT2D eigenvalue weighted by Crippen LogP contribution is -2.02. The number of nitrogens with two attached hydrogens (primary N) is 1. The number of anilines is 1. The number of nitrogen functional groups attached to an aromatic ring is 1. The van der Waals surface area contributed by atoms with Crippen LogP contribution in [0, 0.1) is 13.8 Å². The molecule has 3 aromatic rings. The Morgan fingerprint density at radius 3 is 2.19 bits per heavy atom. The lowest BCUT2D eigenvalue weighted by molar-refractivity contribution is 0.479. The van der Waals surface area contributed by atoms with Gasteiger partial charge < -0.3 is 15.0 Å². The average Bonchev–Trinajstić information content (AvgIpc) is 2.81. The summed E-state index contributed by atoms with van der Waals surface area (Å²) in [7, 11) is 0. The van der Waals surface area contributed by atoms with Crippen LogP contribution in [0.1, 0.15) is 11.4 Å². The number of benzene rings is 2. The van der Waals surface area contributed by atoms with Crippen LogP contribution < -0.4 is 10.5 Å². The maximum absolute atomic E-state index is 6.02. The minimum Gasteiger partial charge on any atom is -0.455 e. The molecule has 0 saturated carbocycles. The third kappa shape index (κ3) is 2.63. The minimum atomic E-state index is 0.720. The summed E-state index contributed by atoms with van der Waals surface area (Å²) < 4.78 is 8.17. The van der Waals surface area contributed by atoms with E-state index in [0.29, 0.717) is 0 Å². The SMILES string of the molecule is Cc1ccc(C)n1-c1cc(N)ccc1Oc1ccccc1. The molecule has 21 heavy (non-hydrogen) atoms. The van der Waals surface area contributed by atoms with Crippen molar-refractivity contribution in [2.45, 2.75) is 13.8 Å². The van der Waals surface area contributed by atoms with E-state index < -0.39 is 0 Å². The third-order valence-electron chi connectivity index (χ3n) is 3.47. The highest BCUT2D eigenvalue weighted by atomic mass is 16.5. The topological polar surface area (TPSA) is 40.2 Å². The molecule has 0 aliphatic heterocycles. The molecule has 1 aromatic heterocycles. The standard InChI is InChI=1S/C18H18N2O/c1-13-8-9-14(2)20(13)17-12-15(19)10-11-18(17)21-16-6-4-3-5-7-16/h3-12H,19H2,1-2H3. The van der Waals surface area contributed by atoms with Crippen molar-refractivity contribution in [2.75, 3.05) is 5.73 Å². The number of rotatable bonds is 3. The molecule has 0 fully saturated rings. The molecule has 106 valence electrons. The summed E-state index contributed by atoms with van der Waals surface area (Å²) in [5.74, 6) is 1.60.